The zero-order valence-corrected chi connectivity index (χ0v) is 17.4. The fourth-order valence-electron chi connectivity index (χ4n) is 3.75. The first-order chi connectivity index (χ1) is 13.4. The Balaban J connectivity index is 1.62. The standard InChI is InChI=1S/C22H30N4O2/c1-6-18-19(25-28-21(18)12-17-9-7-8-15(4)10-17)13-23-22(27)20-11-16(5)24-26(20)14(2)3/h7-11,14,18,21H,6,12-13H2,1-5H3,(H,23,27). The molecule has 2 atom stereocenters. The van der Waals surface area contributed by atoms with E-state index in [-0.39, 0.29) is 24.0 Å². The SMILES string of the molecule is CCC1C(CNC(=O)c2cc(C)nn2C(C)C)=NOC1Cc1cccc(C)c1. The smallest absolute Gasteiger partial charge is 0.269 e. The van der Waals surface area contributed by atoms with Crippen molar-refractivity contribution in [2.24, 2.45) is 11.1 Å². The molecule has 2 heterocycles. The first kappa shape index (κ1) is 20.1. The Kier molecular flexibility index (Phi) is 6.17. The number of oxime groups is 1. The summed E-state index contributed by atoms with van der Waals surface area (Å²) in [7, 11) is 0. The van der Waals surface area contributed by atoms with Gasteiger partial charge in [0.1, 0.15) is 11.8 Å². The molecule has 0 saturated carbocycles. The Hall–Kier alpha value is -2.63. The number of hydrogen-bond donors (Lipinski definition) is 1. The van der Waals surface area contributed by atoms with Crippen LogP contribution in [0.4, 0.5) is 0 Å². The largest absolute Gasteiger partial charge is 0.391 e. The van der Waals surface area contributed by atoms with Crippen molar-refractivity contribution in [2.75, 3.05) is 6.54 Å². The van der Waals surface area contributed by atoms with Gasteiger partial charge in [-0.2, -0.15) is 5.10 Å². The molecule has 2 aromatic rings. The van der Waals surface area contributed by atoms with Gasteiger partial charge in [-0.15, -0.1) is 0 Å². The van der Waals surface area contributed by atoms with Crippen molar-refractivity contribution < 1.29 is 9.63 Å². The lowest BCUT2D eigenvalue weighted by molar-refractivity contribution is 0.0614. The topological polar surface area (TPSA) is 68.5 Å². The fourth-order valence-corrected chi connectivity index (χ4v) is 3.75. The van der Waals surface area contributed by atoms with Crippen molar-refractivity contribution in [3.8, 4) is 0 Å². The molecule has 0 fully saturated rings. The molecule has 28 heavy (non-hydrogen) atoms. The minimum atomic E-state index is -0.131. The highest BCUT2D eigenvalue weighted by Crippen LogP contribution is 2.25. The van der Waals surface area contributed by atoms with Crippen LogP contribution in [0, 0.1) is 19.8 Å². The Bertz CT molecular complexity index is 869. The van der Waals surface area contributed by atoms with Crippen molar-refractivity contribution >= 4 is 11.6 Å². The second-order valence-electron chi connectivity index (χ2n) is 7.83. The van der Waals surface area contributed by atoms with Crippen LogP contribution in [0.1, 0.15) is 60.5 Å². The van der Waals surface area contributed by atoms with Crippen LogP contribution in [0.2, 0.25) is 0 Å². The van der Waals surface area contributed by atoms with E-state index >= 15 is 0 Å². The van der Waals surface area contributed by atoms with Gasteiger partial charge in [-0.25, -0.2) is 0 Å². The van der Waals surface area contributed by atoms with E-state index in [0.29, 0.717) is 12.2 Å². The average Bonchev–Trinajstić information content (AvgIpc) is 3.23. The molecule has 0 aliphatic carbocycles. The zero-order valence-electron chi connectivity index (χ0n) is 17.4. The van der Waals surface area contributed by atoms with Gasteiger partial charge in [0.05, 0.1) is 18.0 Å². The second-order valence-corrected chi connectivity index (χ2v) is 7.83. The maximum atomic E-state index is 12.7. The minimum Gasteiger partial charge on any atom is -0.391 e. The van der Waals surface area contributed by atoms with Gasteiger partial charge in [0.25, 0.3) is 5.91 Å². The van der Waals surface area contributed by atoms with E-state index in [1.165, 1.54) is 11.1 Å². The third kappa shape index (κ3) is 4.43. The summed E-state index contributed by atoms with van der Waals surface area (Å²) < 4.78 is 1.76. The molecule has 2 unspecified atom stereocenters. The van der Waals surface area contributed by atoms with Crippen LogP contribution in [0.3, 0.4) is 0 Å². The lowest BCUT2D eigenvalue weighted by atomic mass is 9.90. The minimum absolute atomic E-state index is 0.0159. The molecule has 1 N–H and O–H groups in total. The molecule has 0 radical (unpaired) electrons. The molecule has 0 saturated heterocycles. The highest BCUT2D eigenvalue weighted by molar-refractivity contribution is 5.97. The van der Waals surface area contributed by atoms with E-state index < -0.39 is 0 Å². The third-order valence-corrected chi connectivity index (χ3v) is 5.15. The molecular weight excluding hydrogens is 352 g/mol. The molecule has 1 aliphatic rings. The normalized spacial score (nSPS) is 18.9. The quantitative estimate of drug-likeness (QED) is 0.791. The number of aryl methyl sites for hydroxylation is 2. The van der Waals surface area contributed by atoms with Crippen molar-refractivity contribution in [3.63, 3.8) is 0 Å². The Morgan fingerprint density at radius 2 is 2.07 bits per heavy atom. The maximum Gasteiger partial charge on any atom is 0.269 e. The number of nitrogens with one attached hydrogen (secondary N) is 1. The van der Waals surface area contributed by atoms with Crippen LogP contribution in [-0.2, 0) is 11.3 Å². The number of aromatic nitrogens is 2. The van der Waals surface area contributed by atoms with Gasteiger partial charge in [-0.1, -0.05) is 41.9 Å². The van der Waals surface area contributed by atoms with Gasteiger partial charge in [0, 0.05) is 18.4 Å². The van der Waals surface area contributed by atoms with Crippen LogP contribution in [0.15, 0.2) is 35.5 Å². The van der Waals surface area contributed by atoms with Crippen LogP contribution in [-0.4, -0.2) is 34.0 Å². The summed E-state index contributed by atoms with van der Waals surface area (Å²) in [5.74, 6) is 0.0755. The van der Waals surface area contributed by atoms with Crippen molar-refractivity contribution in [1.82, 2.24) is 15.1 Å². The van der Waals surface area contributed by atoms with E-state index in [9.17, 15) is 4.79 Å². The maximum absolute atomic E-state index is 12.7. The Labute approximate surface area is 167 Å². The van der Waals surface area contributed by atoms with Crippen molar-refractivity contribution in [3.05, 3.63) is 52.8 Å². The van der Waals surface area contributed by atoms with E-state index in [2.05, 4.69) is 53.7 Å². The number of rotatable bonds is 7. The molecule has 1 aromatic carbocycles. The number of hydrogen-bond acceptors (Lipinski definition) is 4. The highest BCUT2D eigenvalue weighted by Gasteiger charge is 2.33. The van der Waals surface area contributed by atoms with Gasteiger partial charge in [-0.05, 0) is 45.7 Å². The van der Waals surface area contributed by atoms with Crippen LogP contribution in [0.25, 0.3) is 0 Å². The predicted octanol–water partition coefficient (Wildman–Crippen LogP) is 3.83. The molecular formula is C22H30N4O2. The van der Waals surface area contributed by atoms with Gasteiger partial charge in [0.2, 0.25) is 0 Å². The molecule has 0 bridgehead atoms. The van der Waals surface area contributed by atoms with Gasteiger partial charge >= 0.3 is 0 Å². The number of benzene rings is 1. The summed E-state index contributed by atoms with van der Waals surface area (Å²) in [6.45, 7) is 10.5. The predicted molar refractivity (Wildman–Crippen MR) is 111 cm³/mol. The number of amides is 1. The molecule has 6 heteroatoms. The second kappa shape index (κ2) is 8.59. The van der Waals surface area contributed by atoms with E-state index in [1.807, 2.05) is 26.8 Å². The summed E-state index contributed by atoms with van der Waals surface area (Å²) in [4.78, 5) is 18.4. The van der Waals surface area contributed by atoms with Gasteiger partial charge < -0.3 is 10.2 Å². The molecule has 1 amide bonds. The monoisotopic (exact) mass is 382 g/mol. The van der Waals surface area contributed by atoms with Gasteiger partial charge in [-0.3, -0.25) is 9.48 Å². The summed E-state index contributed by atoms with van der Waals surface area (Å²) >= 11 is 0. The van der Waals surface area contributed by atoms with E-state index in [1.54, 1.807) is 4.68 Å². The molecule has 3 rings (SSSR count). The Morgan fingerprint density at radius 1 is 1.29 bits per heavy atom. The number of nitrogens with zero attached hydrogens (tertiary/aromatic N) is 3. The molecule has 150 valence electrons. The van der Waals surface area contributed by atoms with Crippen LogP contribution >= 0.6 is 0 Å². The first-order valence-electron chi connectivity index (χ1n) is 10.0. The summed E-state index contributed by atoms with van der Waals surface area (Å²) in [6.07, 6.45) is 1.76. The zero-order chi connectivity index (χ0) is 20.3. The van der Waals surface area contributed by atoms with Gasteiger partial charge in [0.15, 0.2) is 0 Å². The Morgan fingerprint density at radius 3 is 2.75 bits per heavy atom. The van der Waals surface area contributed by atoms with E-state index in [4.69, 9.17) is 4.84 Å². The lowest BCUT2D eigenvalue weighted by Crippen LogP contribution is -2.35. The summed E-state index contributed by atoms with van der Waals surface area (Å²) in [5, 5.41) is 11.7. The molecule has 6 nitrogen and oxygen atoms in total. The fraction of sp³-hybridized carbons (Fsp3) is 0.500. The summed E-state index contributed by atoms with van der Waals surface area (Å²) in [5.41, 5.74) is 4.82. The van der Waals surface area contributed by atoms with Crippen molar-refractivity contribution in [2.45, 2.75) is 59.6 Å². The molecule has 1 aromatic heterocycles. The average molecular weight is 383 g/mol. The number of carbonyl (C=O) groups is 1. The van der Waals surface area contributed by atoms with Crippen LogP contribution in [0.5, 0.6) is 0 Å². The van der Waals surface area contributed by atoms with Crippen LogP contribution < -0.4 is 5.32 Å². The highest BCUT2D eigenvalue weighted by atomic mass is 16.6. The first-order valence-corrected chi connectivity index (χ1v) is 10.0. The summed E-state index contributed by atoms with van der Waals surface area (Å²) in [6, 6.07) is 10.4. The van der Waals surface area contributed by atoms with E-state index in [0.717, 1.165) is 24.2 Å². The van der Waals surface area contributed by atoms with Crippen molar-refractivity contribution in [1.29, 1.82) is 0 Å². The molecule has 0 spiro atoms. The number of carbonyl (C=O) groups excluding carboxylic acids is 1. The molecule has 1 aliphatic heterocycles. The lowest BCUT2D eigenvalue weighted by Gasteiger charge is -2.18. The third-order valence-electron chi connectivity index (χ3n) is 5.15.